The van der Waals surface area contributed by atoms with Crippen molar-refractivity contribution in [2.24, 2.45) is 0 Å². The molecule has 1 unspecified atom stereocenters. The molecule has 0 bridgehead atoms. The highest BCUT2D eigenvalue weighted by Crippen LogP contribution is 2.26. The molecule has 1 aromatic heterocycles. The van der Waals surface area contributed by atoms with E-state index in [1.807, 2.05) is 13.0 Å². The smallest absolute Gasteiger partial charge is 0.218 e. The van der Waals surface area contributed by atoms with Crippen LogP contribution in [0.4, 0.5) is 5.82 Å². The third-order valence-corrected chi connectivity index (χ3v) is 3.81. The Labute approximate surface area is 114 Å². The van der Waals surface area contributed by atoms with E-state index in [1.54, 1.807) is 6.33 Å². The Balaban J connectivity index is 1.66. The molecule has 0 aromatic carbocycles. The van der Waals surface area contributed by atoms with Crippen LogP contribution in [-0.2, 0) is 0 Å². The molecule has 3 rings (SSSR count). The molecule has 1 aliphatic heterocycles. The second-order valence-corrected chi connectivity index (χ2v) is 5.32. The van der Waals surface area contributed by atoms with Gasteiger partial charge < -0.3 is 15.0 Å². The summed E-state index contributed by atoms with van der Waals surface area (Å²) in [5.41, 5.74) is 0. The van der Waals surface area contributed by atoms with Gasteiger partial charge in [0.25, 0.3) is 0 Å². The lowest BCUT2D eigenvalue weighted by molar-refractivity contribution is 0.326. The number of ether oxygens (including phenoxy) is 1. The van der Waals surface area contributed by atoms with Crippen LogP contribution in [0.25, 0.3) is 0 Å². The molecule has 1 atom stereocenters. The Morgan fingerprint density at radius 1 is 1.37 bits per heavy atom. The summed E-state index contributed by atoms with van der Waals surface area (Å²) < 4.78 is 5.46. The van der Waals surface area contributed by atoms with Crippen LogP contribution in [0.15, 0.2) is 12.4 Å². The molecule has 0 amide bonds. The fourth-order valence-corrected chi connectivity index (χ4v) is 2.65. The highest BCUT2D eigenvalue weighted by molar-refractivity contribution is 5.43. The fourth-order valence-electron chi connectivity index (χ4n) is 2.65. The van der Waals surface area contributed by atoms with Gasteiger partial charge in [-0.25, -0.2) is 9.97 Å². The van der Waals surface area contributed by atoms with Crippen molar-refractivity contribution in [3.8, 4) is 5.88 Å². The van der Waals surface area contributed by atoms with Gasteiger partial charge in [-0.3, -0.25) is 0 Å². The van der Waals surface area contributed by atoms with Gasteiger partial charge >= 0.3 is 0 Å². The molecule has 1 aromatic rings. The predicted octanol–water partition coefficient (Wildman–Crippen LogP) is 1.60. The number of nitrogens with one attached hydrogen (secondary N) is 1. The standard InChI is InChI=1S/C14H22N4O/c1-2-19-14-8-13(16-10-17-14)18-7-3-4-12(18)9-15-11-5-6-11/h8,10-12,15H,2-7,9H2,1H3. The van der Waals surface area contributed by atoms with Gasteiger partial charge in [-0.1, -0.05) is 0 Å². The molecule has 1 N–H and O–H groups in total. The van der Waals surface area contributed by atoms with Crippen molar-refractivity contribution in [2.45, 2.75) is 44.7 Å². The fraction of sp³-hybridized carbons (Fsp3) is 0.714. The highest BCUT2D eigenvalue weighted by atomic mass is 16.5. The van der Waals surface area contributed by atoms with Crippen molar-refractivity contribution in [1.29, 1.82) is 0 Å². The molecule has 1 saturated heterocycles. The maximum absolute atomic E-state index is 5.46. The highest BCUT2D eigenvalue weighted by Gasteiger charge is 2.28. The minimum atomic E-state index is 0.560. The maximum atomic E-state index is 5.46. The van der Waals surface area contributed by atoms with E-state index >= 15 is 0 Å². The molecule has 5 heteroatoms. The van der Waals surface area contributed by atoms with Crippen molar-refractivity contribution >= 4 is 5.82 Å². The van der Waals surface area contributed by atoms with Gasteiger partial charge in [0.05, 0.1) is 6.61 Å². The number of anilines is 1. The molecule has 104 valence electrons. The summed E-state index contributed by atoms with van der Waals surface area (Å²) in [6.07, 6.45) is 6.77. The van der Waals surface area contributed by atoms with Crippen LogP contribution in [0.3, 0.4) is 0 Å². The molecular weight excluding hydrogens is 240 g/mol. The number of hydrogen-bond donors (Lipinski definition) is 1. The molecule has 0 radical (unpaired) electrons. The van der Waals surface area contributed by atoms with E-state index in [9.17, 15) is 0 Å². The Hall–Kier alpha value is -1.36. The summed E-state index contributed by atoms with van der Waals surface area (Å²) in [6.45, 7) is 4.77. The third-order valence-electron chi connectivity index (χ3n) is 3.81. The van der Waals surface area contributed by atoms with Gasteiger partial charge in [0.2, 0.25) is 5.88 Å². The van der Waals surface area contributed by atoms with E-state index < -0.39 is 0 Å². The summed E-state index contributed by atoms with van der Waals surface area (Å²) in [5, 5.41) is 3.62. The van der Waals surface area contributed by atoms with Gasteiger partial charge in [0.1, 0.15) is 12.1 Å². The summed E-state index contributed by atoms with van der Waals surface area (Å²) in [5.74, 6) is 1.67. The first-order valence-electron chi connectivity index (χ1n) is 7.31. The minimum absolute atomic E-state index is 0.560. The van der Waals surface area contributed by atoms with Crippen LogP contribution in [0.2, 0.25) is 0 Å². The lowest BCUT2D eigenvalue weighted by Gasteiger charge is -2.26. The number of aromatic nitrogens is 2. The lowest BCUT2D eigenvalue weighted by Crippen LogP contribution is -2.39. The summed E-state index contributed by atoms with van der Waals surface area (Å²) in [6, 6.07) is 3.29. The molecule has 1 saturated carbocycles. The first-order valence-corrected chi connectivity index (χ1v) is 7.31. The van der Waals surface area contributed by atoms with Crippen molar-refractivity contribution in [1.82, 2.24) is 15.3 Å². The van der Waals surface area contributed by atoms with Crippen LogP contribution in [-0.4, -0.2) is 41.7 Å². The molecule has 5 nitrogen and oxygen atoms in total. The van der Waals surface area contributed by atoms with E-state index in [4.69, 9.17) is 4.74 Å². The summed E-state index contributed by atoms with van der Waals surface area (Å²) in [7, 11) is 0. The molecule has 0 spiro atoms. The van der Waals surface area contributed by atoms with E-state index in [1.165, 1.54) is 25.7 Å². The van der Waals surface area contributed by atoms with Gasteiger partial charge in [0, 0.05) is 31.2 Å². The van der Waals surface area contributed by atoms with E-state index in [0.717, 1.165) is 24.9 Å². The van der Waals surface area contributed by atoms with Crippen molar-refractivity contribution in [2.75, 3.05) is 24.6 Å². The van der Waals surface area contributed by atoms with Gasteiger partial charge in [0.15, 0.2) is 0 Å². The Morgan fingerprint density at radius 2 is 2.26 bits per heavy atom. The summed E-state index contributed by atoms with van der Waals surface area (Å²) >= 11 is 0. The third kappa shape index (κ3) is 3.15. The molecular formula is C14H22N4O. The molecule has 2 aliphatic rings. The second kappa shape index (κ2) is 5.74. The quantitative estimate of drug-likeness (QED) is 0.844. The van der Waals surface area contributed by atoms with Crippen LogP contribution in [0.5, 0.6) is 5.88 Å². The topological polar surface area (TPSA) is 50.3 Å². The molecule has 19 heavy (non-hydrogen) atoms. The Bertz CT molecular complexity index is 422. The van der Waals surface area contributed by atoms with Gasteiger partial charge in [-0.15, -0.1) is 0 Å². The van der Waals surface area contributed by atoms with Gasteiger partial charge in [-0.2, -0.15) is 0 Å². The van der Waals surface area contributed by atoms with E-state index in [2.05, 4.69) is 20.2 Å². The van der Waals surface area contributed by atoms with E-state index in [-0.39, 0.29) is 0 Å². The van der Waals surface area contributed by atoms with Crippen LogP contribution in [0, 0.1) is 0 Å². The zero-order valence-corrected chi connectivity index (χ0v) is 11.5. The van der Waals surface area contributed by atoms with Crippen molar-refractivity contribution in [3.63, 3.8) is 0 Å². The van der Waals surface area contributed by atoms with Crippen LogP contribution < -0.4 is 15.0 Å². The first-order chi connectivity index (χ1) is 9.36. The Morgan fingerprint density at radius 3 is 3.05 bits per heavy atom. The number of nitrogens with zero attached hydrogens (tertiary/aromatic N) is 3. The zero-order valence-electron chi connectivity index (χ0n) is 11.5. The monoisotopic (exact) mass is 262 g/mol. The zero-order chi connectivity index (χ0) is 13.1. The van der Waals surface area contributed by atoms with Crippen LogP contribution in [0.1, 0.15) is 32.6 Å². The normalized spacial score (nSPS) is 22.8. The van der Waals surface area contributed by atoms with Gasteiger partial charge in [-0.05, 0) is 32.6 Å². The predicted molar refractivity (Wildman–Crippen MR) is 74.6 cm³/mol. The molecule has 2 fully saturated rings. The maximum Gasteiger partial charge on any atom is 0.218 e. The SMILES string of the molecule is CCOc1cc(N2CCCC2CNC2CC2)ncn1. The Kier molecular flexibility index (Phi) is 3.82. The van der Waals surface area contributed by atoms with Crippen molar-refractivity contribution in [3.05, 3.63) is 12.4 Å². The minimum Gasteiger partial charge on any atom is -0.478 e. The first kappa shape index (κ1) is 12.7. The summed E-state index contributed by atoms with van der Waals surface area (Å²) in [4.78, 5) is 10.9. The van der Waals surface area contributed by atoms with Crippen molar-refractivity contribution < 1.29 is 4.74 Å². The number of hydrogen-bond acceptors (Lipinski definition) is 5. The van der Waals surface area contributed by atoms with E-state index in [0.29, 0.717) is 18.5 Å². The number of rotatable bonds is 6. The average molecular weight is 262 g/mol. The molecule has 2 heterocycles. The molecule has 1 aliphatic carbocycles. The average Bonchev–Trinajstić information content (AvgIpc) is 3.14. The van der Waals surface area contributed by atoms with Crippen LogP contribution >= 0.6 is 0 Å². The largest absolute Gasteiger partial charge is 0.478 e. The lowest BCUT2D eigenvalue weighted by atomic mass is 10.2. The second-order valence-electron chi connectivity index (χ2n) is 5.32.